The molecule has 2 rings (SSSR count). The van der Waals surface area contributed by atoms with Crippen LogP contribution in [0.3, 0.4) is 0 Å². The van der Waals surface area contributed by atoms with E-state index < -0.39 is 0 Å². The fourth-order valence-corrected chi connectivity index (χ4v) is 1.19. The fraction of sp³-hybridized carbons (Fsp3) is 0.667. The first-order valence-corrected chi connectivity index (χ1v) is 4.55. The van der Waals surface area contributed by atoms with E-state index in [4.69, 9.17) is 4.42 Å². The molecule has 0 atom stereocenters. The van der Waals surface area contributed by atoms with Gasteiger partial charge in [-0.25, -0.2) is 4.98 Å². The lowest BCUT2D eigenvalue weighted by atomic mass is 10.3. The molecule has 12 heavy (non-hydrogen) atoms. The molecule has 0 aliphatic heterocycles. The van der Waals surface area contributed by atoms with E-state index in [0.717, 1.165) is 24.7 Å². The van der Waals surface area contributed by atoms with Crippen molar-refractivity contribution < 1.29 is 4.42 Å². The minimum Gasteiger partial charge on any atom is -0.444 e. The van der Waals surface area contributed by atoms with Crippen molar-refractivity contribution in [2.45, 2.75) is 32.2 Å². The van der Waals surface area contributed by atoms with Crippen LogP contribution in [0.1, 0.15) is 37.3 Å². The van der Waals surface area contributed by atoms with E-state index in [1.165, 1.54) is 12.8 Å². The van der Waals surface area contributed by atoms with E-state index in [9.17, 15) is 0 Å². The molecule has 1 saturated carbocycles. The van der Waals surface area contributed by atoms with Crippen LogP contribution in [0.25, 0.3) is 0 Å². The summed E-state index contributed by atoms with van der Waals surface area (Å²) in [6, 6.07) is 0. The third kappa shape index (κ3) is 1.67. The van der Waals surface area contributed by atoms with Crippen molar-refractivity contribution in [1.29, 1.82) is 0 Å². The Morgan fingerprint density at radius 1 is 1.67 bits per heavy atom. The van der Waals surface area contributed by atoms with Crippen LogP contribution in [0, 0.1) is 0 Å². The number of nitrogens with zero attached hydrogens (tertiary/aromatic N) is 1. The Bertz CT molecular complexity index is 253. The molecule has 1 N–H and O–H groups in total. The van der Waals surface area contributed by atoms with Crippen LogP contribution in [0.15, 0.2) is 10.6 Å². The van der Waals surface area contributed by atoms with Gasteiger partial charge in [0, 0.05) is 5.92 Å². The number of oxazole rings is 1. The van der Waals surface area contributed by atoms with E-state index in [-0.39, 0.29) is 0 Å². The molecule has 66 valence electrons. The van der Waals surface area contributed by atoms with Crippen LogP contribution in [0.2, 0.25) is 0 Å². The lowest BCUT2D eigenvalue weighted by Crippen LogP contribution is -2.11. The van der Waals surface area contributed by atoms with Crippen LogP contribution in [0.4, 0.5) is 0 Å². The molecule has 3 nitrogen and oxygen atoms in total. The summed E-state index contributed by atoms with van der Waals surface area (Å²) in [7, 11) is 0. The molecule has 0 radical (unpaired) electrons. The molecule has 0 unspecified atom stereocenters. The summed E-state index contributed by atoms with van der Waals surface area (Å²) in [4.78, 5) is 4.19. The Kier molecular flexibility index (Phi) is 2.13. The van der Waals surface area contributed by atoms with Crippen molar-refractivity contribution in [2.24, 2.45) is 0 Å². The van der Waals surface area contributed by atoms with Crippen LogP contribution < -0.4 is 5.32 Å². The Balaban J connectivity index is 1.93. The average molecular weight is 166 g/mol. The van der Waals surface area contributed by atoms with Gasteiger partial charge in [-0.2, -0.15) is 0 Å². The van der Waals surface area contributed by atoms with Gasteiger partial charge in [0.05, 0.1) is 12.7 Å². The molecule has 1 aromatic heterocycles. The van der Waals surface area contributed by atoms with Crippen LogP contribution in [-0.4, -0.2) is 11.5 Å². The van der Waals surface area contributed by atoms with Gasteiger partial charge in [-0.1, -0.05) is 6.92 Å². The number of nitrogens with one attached hydrogen (secondary N) is 1. The Labute approximate surface area is 72.2 Å². The van der Waals surface area contributed by atoms with Gasteiger partial charge in [0.25, 0.3) is 0 Å². The smallest absolute Gasteiger partial charge is 0.208 e. The van der Waals surface area contributed by atoms with Gasteiger partial charge < -0.3 is 9.73 Å². The summed E-state index contributed by atoms with van der Waals surface area (Å²) in [6.45, 7) is 3.79. The second-order valence-corrected chi connectivity index (χ2v) is 3.21. The zero-order chi connectivity index (χ0) is 8.39. The normalized spacial score (nSPS) is 16.8. The molecule has 0 aromatic carbocycles. The molecule has 1 aromatic rings. The Morgan fingerprint density at radius 3 is 3.17 bits per heavy atom. The van der Waals surface area contributed by atoms with Crippen molar-refractivity contribution in [3.8, 4) is 0 Å². The largest absolute Gasteiger partial charge is 0.444 e. The van der Waals surface area contributed by atoms with Gasteiger partial charge in [-0.05, 0) is 19.4 Å². The molecule has 1 heterocycles. The fourth-order valence-electron chi connectivity index (χ4n) is 1.19. The van der Waals surface area contributed by atoms with Gasteiger partial charge in [0.1, 0.15) is 5.76 Å². The van der Waals surface area contributed by atoms with E-state index in [2.05, 4.69) is 17.2 Å². The third-order valence-electron chi connectivity index (χ3n) is 2.08. The second kappa shape index (κ2) is 3.27. The number of rotatable bonds is 4. The van der Waals surface area contributed by atoms with Gasteiger partial charge in [-0.15, -0.1) is 0 Å². The Hall–Kier alpha value is -0.830. The molecule has 1 aliphatic carbocycles. The second-order valence-electron chi connectivity index (χ2n) is 3.21. The summed E-state index contributed by atoms with van der Waals surface area (Å²) < 4.78 is 5.54. The summed E-state index contributed by atoms with van der Waals surface area (Å²) in [5, 5.41) is 3.18. The highest BCUT2D eigenvalue weighted by molar-refractivity contribution is 5.08. The maximum atomic E-state index is 5.54. The average Bonchev–Trinajstić information content (AvgIpc) is 2.83. The van der Waals surface area contributed by atoms with Gasteiger partial charge >= 0.3 is 0 Å². The molecule has 0 saturated heterocycles. The van der Waals surface area contributed by atoms with E-state index in [1.807, 2.05) is 6.20 Å². The topological polar surface area (TPSA) is 38.1 Å². The van der Waals surface area contributed by atoms with E-state index in [0.29, 0.717) is 5.92 Å². The lowest BCUT2D eigenvalue weighted by molar-refractivity contribution is 0.440. The van der Waals surface area contributed by atoms with Crippen LogP contribution in [-0.2, 0) is 6.54 Å². The van der Waals surface area contributed by atoms with Crippen molar-refractivity contribution in [1.82, 2.24) is 10.3 Å². The molecule has 0 amide bonds. The Morgan fingerprint density at radius 2 is 2.50 bits per heavy atom. The minimum atomic E-state index is 0.674. The summed E-state index contributed by atoms with van der Waals surface area (Å²) in [6.07, 6.45) is 4.41. The molecular formula is C9H14N2O. The van der Waals surface area contributed by atoms with Crippen molar-refractivity contribution in [3.63, 3.8) is 0 Å². The predicted molar refractivity (Wildman–Crippen MR) is 45.9 cm³/mol. The maximum absolute atomic E-state index is 5.54. The highest BCUT2D eigenvalue weighted by Crippen LogP contribution is 2.40. The SMILES string of the molecule is CCNCc1ncc(C2CC2)o1. The van der Waals surface area contributed by atoms with Crippen molar-refractivity contribution in [3.05, 3.63) is 17.8 Å². The number of hydrogen-bond donors (Lipinski definition) is 1. The van der Waals surface area contributed by atoms with Crippen molar-refractivity contribution >= 4 is 0 Å². The summed E-state index contributed by atoms with van der Waals surface area (Å²) in [5.74, 6) is 2.56. The van der Waals surface area contributed by atoms with Crippen LogP contribution in [0.5, 0.6) is 0 Å². The standard InChI is InChI=1S/C9H14N2O/c1-2-10-6-9-11-5-8(12-9)7-3-4-7/h5,7,10H,2-4,6H2,1H3. The summed E-state index contributed by atoms with van der Waals surface area (Å²) in [5.41, 5.74) is 0. The number of hydrogen-bond acceptors (Lipinski definition) is 3. The minimum absolute atomic E-state index is 0.674. The lowest BCUT2D eigenvalue weighted by Gasteiger charge is -1.94. The molecule has 0 bridgehead atoms. The van der Waals surface area contributed by atoms with Crippen molar-refractivity contribution in [2.75, 3.05) is 6.54 Å². The first-order chi connectivity index (χ1) is 5.90. The third-order valence-corrected chi connectivity index (χ3v) is 2.08. The highest BCUT2D eigenvalue weighted by atomic mass is 16.4. The molecule has 3 heteroatoms. The predicted octanol–water partition coefficient (Wildman–Crippen LogP) is 1.66. The van der Waals surface area contributed by atoms with E-state index in [1.54, 1.807) is 0 Å². The molecular weight excluding hydrogens is 152 g/mol. The van der Waals surface area contributed by atoms with Crippen LogP contribution >= 0.6 is 0 Å². The quantitative estimate of drug-likeness (QED) is 0.739. The van der Waals surface area contributed by atoms with E-state index >= 15 is 0 Å². The zero-order valence-corrected chi connectivity index (χ0v) is 7.34. The first kappa shape index (κ1) is 7.80. The van der Waals surface area contributed by atoms with Gasteiger partial charge in [-0.3, -0.25) is 0 Å². The monoisotopic (exact) mass is 166 g/mol. The summed E-state index contributed by atoms with van der Waals surface area (Å²) >= 11 is 0. The molecule has 1 aliphatic rings. The van der Waals surface area contributed by atoms with Gasteiger partial charge in [0.15, 0.2) is 0 Å². The first-order valence-electron chi connectivity index (χ1n) is 4.55. The molecule has 0 spiro atoms. The van der Waals surface area contributed by atoms with Gasteiger partial charge in [0.2, 0.25) is 5.89 Å². The maximum Gasteiger partial charge on any atom is 0.208 e. The highest BCUT2D eigenvalue weighted by Gasteiger charge is 2.27. The zero-order valence-electron chi connectivity index (χ0n) is 7.34. The number of aromatic nitrogens is 1. The molecule has 1 fully saturated rings.